The van der Waals surface area contributed by atoms with Crippen LogP contribution in [0.3, 0.4) is 0 Å². The molecule has 1 aliphatic rings. The Kier molecular flexibility index (Phi) is 4.95. The van der Waals surface area contributed by atoms with Crippen LogP contribution in [0.5, 0.6) is 0 Å². The van der Waals surface area contributed by atoms with Gasteiger partial charge in [-0.1, -0.05) is 24.3 Å². The summed E-state index contributed by atoms with van der Waals surface area (Å²) in [6.45, 7) is 3.13. The fourth-order valence-corrected chi connectivity index (χ4v) is 3.64. The van der Waals surface area contributed by atoms with E-state index in [0.29, 0.717) is 12.0 Å². The molecule has 3 heteroatoms. The van der Waals surface area contributed by atoms with E-state index in [-0.39, 0.29) is 0 Å². The number of hydrogen-bond donors (Lipinski definition) is 1. The van der Waals surface area contributed by atoms with Crippen molar-refractivity contribution in [3.8, 4) is 0 Å². The zero-order valence-electron chi connectivity index (χ0n) is 11.3. The summed E-state index contributed by atoms with van der Waals surface area (Å²) in [5.41, 5.74) is 3.03. The molecular formula is C15H23NOS. The second kappa shape index (κ2) is 6.48. The van der Waals surface area contributed by atoms with Crippen molar-refractivity contribution in [2.45, 2.75) is 38.1 Å². The van der Waals surface area contributed by atoms with Crippen molar-refractivity contribution in [1.29, 1.82) is 0 Å². The molecule has 3 atom stereocenters. The van der Waals surface area contributed by atoms with E-state index in [1.165, 1.54) is 30.4 Å². The molecule has 1 aromatic carbocycles. The molecule has 0 saturated heterocycles. The van der Waals surface area contributed by atoms with Crippen LogP contribution >= 0.6 is 0 Å². The molecule has 0 heterocycles. The SMILES string of the molecule is CC(CS(C)=O)NCC1CCCc2ccccc21. The van der Waals surface area contributed by atoms with Crippen molar-refractivity contribution in [1.82, 2.24) is 5.32 Å². The second-order valence-corrected chi connectivity index (χ2v) is 6.82. The lowest BCUT2D eigenvalue weighted by molar-refractivity contribution is 0.480. The lowest BCUT2D eigenvalue weighted by atomic mass is 9.83. The van der Waals surface area contributed by atoms with Gasteiger partial charge in [-0.3, -0.25) is 4.21 Å². The van der Waals surface area contributed by atoms with E-state index < -0.39 is 10.8 Å². The molecule has 100 valence electrons. The maximum atomic E-state index is 11.2. The average molecular weight is 265 g/mol. The minimum atomic E-state index is -0.710. The van der Waals surface area contributed by atoms with Gasteiger partial charge in [-0.05, 0) is 43.2 Å². The van der Waals surface area contributed by atoms with E-state index in [2.05, 4.69) is 36.5 Å². The van der Waals surface area contributed by atoms with Gasteiger partial charge >= 0.3 is 0 Å². The van der Waals surface area contributed by atoms with E-state index >= 15 is 0 Å². The lowest BCUT2D eigenvalue weighted by Gasteiger charge is -2.27. The first kappa shape index (κ1) is 13.8. The van der Waals surface area contributed by atoms with Crippen molar-refractivity contribution in [2.24, 2.45) is 0 Å². The van der Waals surface area contributed by atoms with Gasteiger partial charge in [0.2, 0.25) is 0 Å². The molecule has 18 heavy (non-hydrogen) atoms. The lowest BCUT2D eigenvalue weighted by Crippen LogP contribution is -2.35. The summed E-state index contributed by atoms with van der Waals surface area (Å²) in [5, 5.41) is 3.53. The number of benzene rings is 1. The minimum absolute atomic E-state index is 0.338. The molecule has 3 unspecified atom stereocenters. The first-order chi connectivity index (χ1) is 8.66. The molecule has 0 aromatic heterocycles. The molecule has 0 spiro atoms. The number of aryl methyl sites for hydroxylation is 1. The highest BCUT2D eigenvalue weighted by molar-refractivity contribution is 7.84. The molecule has 0 radical (unpaired) electrons. The highest BCUT2D eigenvalue weighted by Crippen LogP contribution is 2.30. The zero-order chi connectivity index (χ0) is 13.0. The second-order valence-electron chi connectivity index (χ2n) is 5.34. The summed E-state index contributed by atoms with van der Waals surface area (Å²) in [7, 11) is -0.710. The van der Waals surface area contributed by atoms with Crippen molar-refractivity contribution in [3.63, 3.8) is 0 Å². The summed E-state index contributed by atoms with van der Waals surface area (Å²) in [6.07, 6.45) is 5.55. The van der Waals surface area contributed by atoms with Crippen molar-refractivity contribution >= 4 is 10.8 Å². The van der Waals surface area contributed by atoms with Gasteiger partial charge in [0, 0.05) is 35.4 Å². The van der Waals surface area contributed by atoms with Gasteiger partial charge in [-0.25, -0.2) is 0 Å². The Labute approximate surface area is 113 Å². The molecule has 0 amide bonds. The molecular weight excluding hydrogens is 242 g/mol. The van der Waals surface area contributed by atoms with Gasteiger partial charge < -0.3 is 5.32 Å². The predicted octanol–water partition coefficient (Wildman–Crippen LogP) is 2.46. The highest BCUT2D eigenvalue weighted by atomic mass is 32.2. The Balaban J connectivity index is 1.93. The average Bonchev–Trinajstić information content (AvgIpc) is 2.35. The highest BCUT2D eigenvalue weighted by Gasteiger charge is 2.19. The molecule has 0 fully saturated rings. The topological polar surface area (TPSA) is 29.1 Å². The third kappa shape index (κ3) is 3.66. The van der Waals surface area contributed by atoms with E-state index in [0.717, 1.165) is 12.3 Å². The van der Waals surface area contributed by atoms with E-state index in [4.69, 9.17) is 0 Å². The molecule has 1 aromatic rings. The van der Waals surface area contributed by atoms with Gasteiger partial charge in [0.1, 0.15) is 0 Å². The van der Waals surface area contributed by atoms with Crippen molar-refractivity contribution in [3.05, 3.63) is 35.4 Å². The van der Waals surface area contributed by atoms with Gasteiger partial charge in [-0.15, -0.1) is 0 Å². The van der Waals surface area contributed by atoms with Crippen LogP contribution in [0.4, 0.5) is 0 Å². The van der Waals surface area contributed by atoms with Crippen LogP contribution in [-0.4, -0.2) is 28.8 Å². The van der Waals surface area contributed by atoms with Gasteiger partial charge in [0.25, 0.3) is 0 Å². The number of nitrogens with one attached hydrogen (secondary N) is 1. The Morgan fingerprint density at radius 2 is 2.22 bits per heavy atom. The van der Waals surface area contributed by atoms with E-state index in [9.17, 15) is 4.21 Å². The number of hydrogen-bond acceptors (Lipinski definition) is 2. The molecule has 1 aliphatic carbocycles. The summed E-state index contributed by atoms with van der Waals surface area (Å²) in [5.74, 6) is 1.37. The fourth-order valence-electron chi connectivity index (χ4n) is 2.82. The Hall–Kier alpha value is -0.670. The number of rotatable bonds is 5. The Bertz CT molecular complexity index is 419. The molecule has 0 aliphatic heterocycles. The molecule has 2 rings (SSSR count). The summed E-state index contributed by atoms with van der Waals surface area (Å²) in [6, 6.07) is 9.14. The standard InChI is InChI=1S/C15H23NOS/c1-12(11-18(2)17)16-10-14-8-5-7-13-6-3-4-9-15(13)14/h3-4,6,9,12,14,16H,5,7-8,10-11H2,1-2H3. The van der Waals surface area contributed by atoms with Crippen LogP contribution in [0.2, 0.25) is 0 Å². The van der Waals surface area contributed by atoms with Gasteiger partial charge in [-0.2, -0.15) is 0 Å². The maximum absolute atomic E-state index is 11.2. The summed E-state index contributed by atoms with van der Waals surface area (Å²) >= 11 is 0. The quantitative estimate of drug-likeness (QED) is 0.886. The summed E-state index contributed by atoms with van der Waals surface area (Å²) in [4.78, 5) is 0. The third-order valence-electron chi connectivity index (χ3n) is 3.69. The van der Waals surface area contributed by atoms with Gasteiger partial charge in [0.05, 0.1) is 0 Å². The smallest absolute Gasteiger partial charge is 0.0383 e. The first-order valence-corrected chi connectivity index (χ1v) is 8.50. The number of fused-ring (bicyclic) bond motifs is 1. The van der Waals surface area contributed by atoms with E-state index in [1.54, 1.807) is 6.26 Å². The van der Waals surface area contributed by atoms with Crippen LogP contribution in [0, 0.1) is 0 Å². The summed E-state index contributed by atoms with van der Waals surface area (Å²) < 4.78 is 11.2. The van der Waals surface area contributed by atoms with Crippen LogP contribution in [0.1, 0.15) is 36.8 Å². The largest absolute Gasteiger partial charge is 0.313 e. The molecule has 0 saturated carbocycles. The third-order valence-corrected chi connectivity index (χ3v) is 4.66. The monoisotopic (exact) mass is 265 g/mol. The van der Waals surface area contributed by atoms with Crippen LogP contribution < -0.4 is 5.32 Å². The fraction of sp³-hybridized carbons (Fsp3) is 0.600. The van der Waals surface area contributed by atoms with Gasteiger partial charge in [0.15, 0.2) is 0 Å². The maximum Gasteiger partial charge on any atom is 0.0383 e. The van der Waals surface area contributed by atoms with Crippen LogP contribution in [0.15, 0.2) is 24.3 Å². The Morgan fingerprint density at radius 1 is 1.44 bits per heavy atom. The molecule has 2 nitrogen and oxygen atoms in total. The van der Waals surface area contributed by atoms with Crippen LogP contribution in [0.25, 0.3) is 0 Å². The van der Waals surface area contributed by atoms with Crippen molar-refractivity contribution < 1.29 is 4.21 Å². The predicted molar refractivity (Wildman–Crippen MR) is 78.5 cm³/mol. The Morgan fingerprint density at radius 3 is 3.00 bits per heavy atom. The van der Waals surface area contributed by atoms with Crippen LogP contribution in [-0.2, 0) is 17.2 Å². The van der Waals surface area contributed by atoms with E-state index in [1.807, 2.05) is 0 Å². The normalized spacial score (nSPS) is 22.2. The minimum Gasteiger partial charge on any atom is -0.313 e. The molecule has 1 N–H and O–H groups in total. The first-order valence-electron chi connectivity index (χ1n) is 6.78. The zero-order valence-corrected chi connectivity index (χ0v) is 12.1. The van der Waals surface area contributed by atoms with Crippen molar-refractivity contribution in [2.75, 3.05) is 18.6 Å². The molecule has 0 bridgehead atoms.